The lowest BCUT2D eigenvalue weighted by atomic mass is 10.0. The zero-order chi connectivity index (χ0) is 19.6. The van der Waals surface area contributed by atoms with E-state index >= 15 is 0 Å². The van der Waals surface area contributed by atoms with Gasteiger partial charge >= 0.3 is 0 Å². The molecule has 0 saturated heterocycles. The SMILES string of the molecule is NC(=Cc1cccc(C(=O)c2cnn(-c3ccc(F)cc3)c2N)c1)[SH](=O)=O. The number of anilines is 1. The summed E-state index contributed by atoms with van der Waals surface area (Å²) in [6.07, 6.45) is 2.58. The van der Waals surface area contributed by atoms with Gasteiger partial charge in [-0.3, -0.25) is 4.79 Å². The van der Waals surface area contributed by atoms with Crippen molar-refractivity contribution >= 4 is 28.4 Å². The Hall–Kier alpha value is -3.46. The Morgan fingerprint density at radius 1 is 1.15 bits per heavy atom. The van der Waals surface area contributed by atoms with E-state index in [2.05, 4.69) is 5.10 Å². The first-order valence-corrected chi connectivity index (χ1v) is 8.90. The minimum Gasteiger partial charge on any atom is -0.390 e. The van der Waals surface area contributed by atoms with Crippen LogP contribution < -0.4 is 11.5 Å². The molecule has 4 N–H and O–H groups in total. The van der Waals surface area contributed by atoms with E-state index < -0.39 is 16.5 Å². The smallest absolute Gasteiger partial charge is 0.198 e. The standard InChI is InChI=1S/C18H15FN4O3S/c19-13-4-6-14(7-5-13)23-18(21)15(10-22-23)17(24)12-3-1-2-11(8-12)9-16(20)27(25)26/h1-10,27H,20-21H2. The van der Waals surface area contributed by atoms with Gasteiger partial charge in [0.15, 0.2) is 16.5 Å². The molecular formula is C18H15FN4O3S. The molecule has 0 saturated carbocycles. The molecule has 3 aromatic rings. The molecule has 0 fully saturated rings. The molecule has 0 atom stereocenters. The average molecular weight is 386 g/mol. The van der Waals surface area contributed by atoms with Crippen molar-refractivity contribution in [2.75, 3.05) is 5.73 Å². The van der Waals surface area contributed by atoms with Crippen LogP contribution in [0.1, 0.15) is 21.5 Å². The number of carbonyl (C=O) groups excluding carboxylic acids is 1. The Morgan fingerprint density at radius 2 is 1.85 bits per heavy atom. The molecular weight excluding hydrogens is 371 g/mol. The van der Waals surface area contributed by atoms with Crippen molar-refractivity contribution in [2.24, 2.45) is 5.73 Å². The fourth-order valence-corrected chi connectivity index (χ4v) is 2.72. The van der Waals surface area contributed by atoms with E-state index in [9.17, 15) is 17.6 Å². The molecule has 2 aromatic carbocycles. The molecule has 0 unspecified atom stereocenters. The zero-order valence-electron chi connectivity index (χ0n) is 13.9. The summed E-state index contributed by atoms with van der Waals surface area (Å²) in [4.78, 5) is 12.8. The zero-order valence-corrected chi connectivity index (χ0v) is 14.8. The first-order valence-electron chi connectivity index (χ1n) is 7.72. The van der Waals surface area contributed by atoms with Crippen LogP contribution in [0.2, 0.25) is 0 Å². The summed E-state index contributed by atoms with van der Waals surface area (Å²) in [6, 6.07) is 11.8. The summed E-state index contributed by atoms with van der Waals surface area (Å²) >= 11 is 0. The van der Waals surface area contributed by atoms with Crippen molar-refractivity contribution < 1.29 is 17.6 Å². The Labute approximate surface area is 155 Å². The lowest BCUT2D eigenvalue weighted by Gasteiger charge is -2.05. The quantitative estimate of drug-likeness (QED) is 0.453. The number of hydrogen-bond acceptors (Lipinski definition) is 6. The number of carbonyl (C=O) groups is 1. The maximum absolute atomic E-state index is 13.1. The first-order chi connectivity index (χ1) is 12.9. The Morgan fingerprint density at radius 3 is 2.52 bits per heavy atom. The molecule has 0 aliphatic rings. The second-order valence-corrected chi connectivity index (χ2v) is 6.64. The molecule has 0 spiro atoms. The van der Waals surface area contributed by atoms with Crippen LogP contribution in [0, 0.1) is 5.82 Å². The molecule has 3 rings (SSSR count). The van der Waals surface area contributed by atoms with Crippen molar-refractivity contribution in [3.05, 3.63) is 82.3 Å². The van der Waals surface area contributed by atoms with Gasteiger partial charge in [-0.05, 0) is 42.0 Å². The largest absolute Gasteiger partial charge is 0.390 e. The summed E-state index contributed by atoms with van der Waals surface area (Å²) in [7, 11) is -2.89. The summed E-state index contributed by atoms with van der Waals surface area (Å²) in [5, 5.41) is 3.79. The number of rotatable bonds is 5. The highest BCUT2D eigenvalue weighted by molar-refractivity contribution is 7.76. The van der Waals surface area contributed by atoms with Crippen LogP contribution in [0.15, 0.2) is 59.8 Å². The third kappa shape index (κ3) is 3.87. The van der Waals surface area contributed by atoms with Crippen molar-refractivity contribution in [1.82, 2.24) is 9.78 Å². The molecule has 0 radical (unpaired) electrons. The normalized spacial score (nSPS) is 11.7. The van der Waals surface area contributed by atoms with E-state index in [1.54, 1.807) is 18.2 Å². The van der Waals surface area contributed by atoms with Crippen LogP contribution in [-0.4, -0.2) is 24.0 Å². The van der Waals surface area contributed by atoms with Crippen LogP contribution in [-0.2, 0) is 10.7 Å². The van der Waals surface area contributed by atoms with Crippen molar-refractivity contribution in [2.45, 2.75) is 0 Å². The van der Waals surface area contributed by atoms with Gasteiger partial charge in [0.05, 0.1) is 17.4 Å². The highest BCUT2D eigenvalue weighted by atomic mass is 32.2. The highest BCUT2D eigenvalue weighted by Crippen LogP contribution is 2.21. The molecule has 7 nitrogen and oxygen atoms in total. The van der Waals surface area contributed by atoms with Gasteiger partial charge in [0.25, 0.3) is 0 Å². The van der Waals surface area contributed by atoms with Gasteiger partial charge in [0.1, 0.15) is 16.7 Å². The van der Waals surface area contributed by atoms with Gasteiger partial charge in [-0.25, -0.2) is 17.5 Å². The van der Waals surface area contributed by atoms with E-state index in [0.29, 0.717) is 16.8 Å². The maximum atomic E-state index is 13.1. The van der Waals surface area contributed by atoms with Gasteiger partial charge in [0, 0.05) is 5.56 Å². The number of nitrogens with two attached hydrogens (primary N) is 2. The second kappa shape index (κ2) is 7.42. The van der Waals surface area contributed by atoms with Crippen LogP contribution >= 0.6 is 0 Å². The van der Waals surface area contributed by atoms with Gasteiger partial charge in [-0.15, -0.1) is 0 Å². The number of nitrogen functional groups attached to an aromatic ring is 1. The van der Waals surface area contributed by atoms with Gasteiger partial charge in [-0.2, -0.15) is 5.10 Å². The van der Waals surface area contributed by atoms with Crippen molar-refractivity contribution in [1.29, 1.82) is 0 Å². The lowest BCUT2D eigenvalue weighted by molar-refractivity contribution is 0.103. The number of thiol groups is 1. The molecule has 0 aliphatic heterocycles. The molecule has 0 bridgehead atoms. The third-order valence-corrected chi connectivity index (χ3v) is 4.35. The summed E-state index contributed by atoms with van der Waals surface area (Å²) in [5.74, 6) is -0.680. The summed E-state index contributed by atoms with van der Waals surface area (Å²) < 4.78 is 36.1. The predicted octanol–water partition coefficient (Wildman–Crippen LogP) is 1.69. The fourth-order valence-electron chi connectivity index (χ4n) is 2.47. The minimum atomic E-state index is -2.89. The monoisotopic (exact) mass is 386 g/mol. The second-order valence-electron chi connectivity index (χ2n) is 5.61. The van der Waals surface area contributed by atoms with Crippen LogP contribution in [0.3, 0.4) is 0 Å². The molecule has 27 heavy (non-hydrogen) atoms. The van der Waals surface area contributed by atoms with Gasteiger partial charge in [-0.1, -0.05) is 18.2 Å². The number of nitrogens with zero attached hydrogens (tertiary/aromatic N) is 2. The topological polar surface area (TPSA) is 121 Å². The fraction of sp³-hybridized carbons (Fsp3) is 0. The first kappa shape index (κ1) is 18.3. The minimum absolute atomic E-state index is 0.106. The summed E-state index contributed by atoms with van der Waals surface area (Å²) in [5.41, 5.74) is 12.9. The van der Waals surface area contributed by atoms with Crippen LogP contribution in [0.5, 0.6) is 0 Å². The highest BCUT2D eigenvalue weighted by Gasteiger charge is 2.18. The third-order valence-electron chi connectivity index (χ3n) is 3.80. The van der Waals surface area contributed by atoms with E-state index in [1.165, 1.54) is 47.3 Å². The van der Waals surface area contributed by atoms with E-state index in [0.717, 1.165) is 0 Å². The summed E-state index contributed by atoms with van der Waals surface area (Å²) in [6.45, 7) is 0. The Kier molecular flexibility index (Phi) is 5.04. The average Bonchev–Trinajstić information content (AvgIpc) is 3.03. The van der Waals surface area contributed by atoms with E-state index in [-0.39, 0.29) is 22.2 Å². The molecule has 1 heterocycles. The molecule has 0 aliphatic carbocycles. The van der Waals surface area contributed by atoms with E-state index in [4.69, 9.17) is 11.5 Å². The molecule has 0 amide bonds. The van der Waals surface area contributed by atoms with Gasteiger partial charge in [0.2, 0.25) is 0 Å². The molecule has 1 aromatic heterocycles. The Balaban J connectivity index is 1.95. The number of aromatic nitrogens is 2. The lowest BCUT2D eigenvalue weighted by Crippen LogP contribution is -2.07. The predicted molar refractivity (Wildman–Crippen MR) is 100 cm³/mol. The van der Waals surface area contributed by atoms with Crippen molar-refractivity contribution in [3.63, 3.8) is 0 Å². The number of hydrogen-bond donors (Lipinski definition) is 3. The molecule has 9 heteroatoms. The van der Waals surface area contributed by atoms with Crippen molar-refractivity contribution in [3.8, 4) is 5.69 Å². The number of benzene rings is 2. The van der Waals surface area contributed by atoms with E-state index in [1.807, 2.05) is 0 Å². The van der Waals surface area contributed by atoms with Crippen LogP contribution in [0.25, 0.3) is 11.8 Å². The molecule has 138 valence electrons. The van der Waals surface area contributed by atoms with Gasteiger partial charge < -0.3 is 11.5 Å². The maximum Gasteiger partial charge on any atom is 0.198 e. The Bertz CT molecular complexity index is 1110. The van der Waals surface area contributed by atoms with Crippen LogP contribution in [0.4, 0.5) is 10.2 Å². The number of halogens is 1. The number of ketones is 1.